The standard InChI is InChI=1S/C32H37N3O6S/c1-20-24(10-7-11-26(20)37)29(39)34-25(18-22-8-5-4-6-9-22)27(38)31(41)35-19-42-32(2,3)28(35)30(40)33-17-16-21-12-14-23(36)15-13-21/h4-15,25,27-28,36-38H,16-19H2,1-3H3,(H,33,40)(H,34,39). The molecule has 0 aromatic heterocycles. The second-order valence-corrected chi connectivity index (χ2v) is 12.6. The third kappa shape index (κ3) is 7.24. The Labute approximate surface area is 249 Å². The van der Waals surface area contributed by atoms with Gasteiger partial charge in [-0.05, 0) is 69.0 Å². The van der Waals surface area contributed by atoms with Gasteiger partial charge in [-0.3, -0.25) is 14.4 Å². The fourth-order valence-electron chi connectivity index (χ4n) is 5.07. The molecule has 3 aromatic carbocycles. The summed E-state index contributed by atoms with van der Waals surface area (Å²) in [6, 6.07) is 18.7. The lowest BCUT2D eigenvalue weighted by atomic mass is 9.96. The monoisotopic (exact) mass is 591 g/mol. The van der Waals surface area contributed by atoms with E-state index in [0.29, 0.717) is 18.5 Å². The molecule has 1 saturated heterocycles. The summed E-state index contributed by atoms with van der Waals surface area (Å²) >= 11 is 1.44. The fraction of sp³-hybridized carbons (Fsp3) is 0.344. The number of phenolic OH excluding ortho intramolecular Hbond substituents is 2. The van der Waals surface area contributed by atoms with Gasteiger partial charge in [-0.1, -0.05) is 48.5 Å². The van der Waals surface area contributed by atoms with Crippen LogP contribution in [-0.4, -0.2) is 73.3 Å². The number of aliphatic hydroxyl groups is 1. The number of nitrogens with zero attached hydrogens (tertiary/aromatic N) is 1. The molecular formula is C32H37N3O6S. The average Bonchev–Trinajstić information content (AvgIpc) is 3.29. The van der Waals surface area contributed by atoms with Gasteiger partial charge in [0.05, 0.1) is 11.9 Å². The first kappa shape index (κ1) is 30.9. The fourth-order valence-corrected chi connectivity index (χ4v) is 6.21. The number of thioether (sulfide) groups is 1. The molecule has 1 heterocycles. The molecule has 0 aliphatic carbocycles. The summed E-state index contributed by atoms with van der Waals surface area (Å²) in [5, 5.41) is 36.7. The molecule has 1 fully saturated rings. The highest BCUT2D eigenvalue weighted by Gasteiger charge is 2.49. The lowest BCUT2D eigenvalue weighted by Gasteiger charge is -2.33. The van der Waals surface area contributed by atoms with E-state index in [2.05, 4.69) is 10.6 Å². The van der Waals surface area contributed by atoms with Crippen LogP contribution < -0.4 is 10.6 Å². The molecular weight excluding hydrogens is 554 g/mol. The van der Waals surface area contributed by atoms with Crippen molar-refractivity contribution in [3.63, 3.8) is 0 Å². The topological polar surface area (TPSA) is 139 Å². The molecule has 0 spiro atoms. The number of carbonyl (C=O) groups is 3. The largest absolute Gasteiger partial charge is 0.508 e. The average molecular weight is 592 g/mol. The van der Waals surface area contributed by atoms with Gasteiger partial charge in [-0.15, -0.1) is 11.8 Å². The van der Waals surface area contributed by atoms with Crippen molar-refractivity contribution in [3.05, 3.63) is 95.1 Å². The van der Waals surface area contributed by atoms with Crippen molar-refractivity contribution < 1.29 is 29.7 Å². The molecule has 3 unspecified atom stereocenters. The van der Waals surface area contributed by atoms with Crippen molar-refractivity contribution in [2.45, 2.75) is 56.5 Å². The molecule has 42 heavy (non-hydrogen) atoms. The Balaban J connectivity index is 1.51. The zero-order valence-electron chi connectivity index (χ0n) is 23.9. The molecule has 4 rings (SSSR count). The molecule has 0 bridgehead atoms. The Hall–Kier alpha value is -4.02. The molecule has 222 valence electrons. The van der Waals surface area contributed by atoms with E-state index in [1.54, 1.807) is 43.3 Å². The molecule has 9 nitrogen and oxygen atoms in total. The van der Waals surface area contributed by atoms with Crippen molar-refractivity contribution >= 4 is 29.5 Å². The minimum atomic E-state index is -1.63. The highest BCUT2D eigenvalue weighted by Crippen LogP contribution is 2.40. The van der Waals surface area contributed by atoms with Gasteiger partial charge in [-0.25, -0.2) is 0 Å². The van der Waals surface area contributed by atoms with E-state index in [9.17, 15) is 29.7 Å². The minimum Gasteiger partial charge on any atom is -0.508 e. The summed E-state index contributed by atoms with van der Waals surface area (Å²) in [4.78, 5) is 41.9. The van der Waals surface area contributed by atoms with Crippen LogP contribution in [0.3, 0.4) is 0 Å². The van der Waals surface area contributed by atoms with Gasteiger partial charge < -0.3 is 30.9 Å². The molecule has 3 aromatic rings. The van der Waals surface area contributed by atoms with Gasteiger partial charge in [0.2, 0.25) is 5.91 Å². The van der Waals surface area contributed by atoms with Crippen LogP contribution in [0.15, 0.2) is 72.8 Å². The van der Waals surface area contributed by atoms with E-state index < -0.39 is 34.7 Å². The van der Waals surface area contributed by atoms with E-state index in [0.717, 1.165) is 11.1 Å². The van der Waals surface area contributed by atoms with Crippen molar-refractivity contribution in [1.29, 1.82) is 0 Å². The number of nitrogens with one attached hydrogen (secondary N) is 2. The Morgan fingerprint density at radius 3 is 2.36 bits per heavy atom. The summed E-state index contributed by atoms with van der Waals surface area (Å²) in [7, 11) is 0. The molecule has 1 aliphatic heterocycles. The predicted octanol–water partition coefficient (Wildman–Crippen LogP) is 3.15. The number of hydrogen-bond acceptors (Lipinski definition) is 7. The number of aliphatic hydroxyl groups excluding tert-OH is 1. The zero-order valence-corrected chi connectivity index (χ0v) is 24.7. The number of hydrogen-bond donors (Lipinski definition) is 5. The van der Waals surface area contributed by atoms with Crippen molar-refractivity contribution in [3.8, 4) is 11.5 Å². The number of amides is 3. The predicted molar refractivity (Wildman–Crippen MR) is 162 cm³/mol. The highest BCUT2D eigenvalue weighted by molar-refractivity contribution is 8.00. The first-order chi connectivity index (χ1) is 20.0. The van der Waals surface area contributed by atoms with Crippen LogP contribution in [0.25, 0.3) is 0 Å². The molecule has 3 amide bonds. The normalized spacial score (nSPS) is 17.3. The SMILES string of the molecule is Cc1c(O)cccc1C(=O)NC(Cc1ccccc1)C(O)C(=O)N1CSC(C)(C)C1C(=O)NCCc1ccc(O)cc1. The Morgan fingerprint density at radius 2 is 1.67 bits per heavy atom. The number of benzene rings is 3. The molecule has 10 heteroatoms. The maximum atomic E-state index is 13.8. The molecule has 3 atom stereocenters. The van der Waals surface area contributed by atoms with Gasteiger partial charge in [0.15, 0.2) is 6.10 Å². The van der Waals surface area contributed by atoms with E-state index in [1.165, 1.54) is 22.7 Å². The van der Waals surface area contributed by atoms with E-state index in [1.807, 2.05) is 44.2 Å². The zero-order chi connectivity index (χ0) is 30.4. The van der Waals surface area contributed by atoms with E-state index in [4.69, 9.17) is 0 Å². The van der Waals surface area contributed by atoms with Crippen LogP contribution >= 0.6 is 11.8 Å². The summed E-state index contributed by atoms with van der Waals surface area (Å²) < 4.78 is -0.616. The maximum absolute atomic E-state index is 13.8. The third-order valence-corrected chi connectivity index (χ3v) is 8.90. The number of phenols is 2. The van der Waals surface area contributed by atoms with Crippen molar-refractivity contribution in [2.24, 2.45) is 0 Å². The third-order valence-electron chi connectivity index (χ3n) is 7.53. The van der Waals surface area contributed by atoms with E-state index in [-0.39, 0.29) is 35.3 Å². The molecule has 0 saturated carbocycles. The smallest absolute Gasteiger partial charge is 0.254 e. The first-order valence-electron chi connectivity index (χ1n) is 13.8. The molecule has 1 aliphatic rings. The van der Waals surface area contributed by atoms with Crippen molar-refractivity contribution in [1.82, 2.24) is 15.5 Å². The van der Waals surface area contributed by atoms with Gasteiger partial charge >= 0.3 is 0 Å². The van der Waals surface area contributed by atoms with Crippen LogP contribution in [0.4, 0.5) is 0 Å². The van der Waals surface area contributed by atoms with Crippen molar-refractivity contribution in [2.75, 3.05) is 12.4 Å². The van der Waals surface area contributed by atoms with Crippen LogP contribution in [-0.2, 0) is 22.4 Å². The van der Waals surface area contributed by atoms with E-state index >= 15 is 0 Å². The van der Waals surface area contributed by atoms with Crippen LogP contribution in [0.2, 0.25) is 0 Å². The van der Waals surface area contributed by atoms with Crippen LogP contribution in [0.5, 0.6) is 11.5 Å². The molecule has 5 N–H and O–H groups in total. The molecule has 0 radical (unpaired) electrons. The second kappa shape index (κ2) is 13.3. The summed E-state index contributed by atoms with van der Waals surface area (Å²) in [5.41, 5.74) is 2.37. The summed E-state index contributed by atoms with van der Waals surface area (Å²) in [6.45, 7) is 5.72. The Morgan fingerprint density at radius 1 is 0.976 bits per heavy atom. The van der Waals surface area contributed by atoms with Gasteiger partial charge in [-0.2, -0.15) is 0 Å². The Kier molecular flexibility index (Phi) is 9.80. The lowest BCUT2D eigenvalue weighted by molar-refractivity contribution is -0.147. The minimum absolute atomic E-state index is 0.0329. The number of rotatable bonds is 10. The lowest BCUT2D eigenvalue weighted by Crippen LogP contribution is -2.58. The maximum Gasteiger partial charge on any atom is 0.254 e. The quantitative estimate of drug-likeness (QED) is 0.244. The number of aromatic hydroxyl groups is 2. The first-order valence-corrected chi connectivity index (χ1v) is 14.8. The Bertz CT molecular complexity index is 1410. The summed E-state index contributed by atoms with van der Waals surface area (Å²) in [5.74, 6) is -1.18. The van der Waals surface area contributed by atoms with Crippen LogP contribution in [0, 0.1) is 6.92 Å². The number of carbonyl (C=O) groups excluding carboxylic acids is 3. The second-order valence-electron chi connectivity index (χ2n) is 11.0. The van der Waals surface area contributed by atoms with Gasteiger partial charge in [0.1, 0.15) is 17.5 Å². The highest BCUT2D eigenvalue weighted by atomic mass is 32.2. The van der Waals surface area contributed by atoms with Crippen LogP contribution in [0.1, 0.15) is 40.9 Å². The van der Waals surface area contributed by atoms with Gasteiger partial charge in [0.25, 0.3) is 11.8 Å². The van der Waals surface area contributed by atoms with Gasteiger partial charge in [0, 0.05) is 22.4 Å². The summed E-state index contributed by atoms with van der Waals surface area (Å²) in [6.07, 6.45) is -0.915.